The van der Waals surface area contributed by atoms with Gasteiger partial charge in [0, 0.05) is 36.4 Å². The summed E-state index contributed by atoms with van der Waals surface area (Å²) in [5.74, 6) is 0.865. The Kier molecular flexibility index (Phi) is 4.13. The highest BCUT2D eigenvalue weighted by Crippen LogP contribution is 2.36. The molecular weight excluding hydrogens is 248 g/mol. The number of nitrogens with zero attached hydrogens (tertiary/aromatic N) is 3. The van der Waals surface area contributed by atoms with E-state index in [4.69, 9.17) is 0 Å². The van der Waals surface area contributed by atoms with Crippen LogP contribution in [0.25, 0.3) is 0 Å². The minimum absolute atomic E-state index is 0.452. The Balaban J connectivity index is 1.44. The molecule has 2 saturated heterocycles. The second-order valence-corrected chi connectivity index (χ2v) is 6.94. The third-order valence-electron chi connectivity index (χ3n) is 5.14. The van der Waals surface area contributed by atoms with Crippen molar-refractivity contribution in [2.24, 2.45) is 5.92 Å². The topological polar surface area (TPSA) is 33.1 Å². The highest BCUT2D eigenvalue weighted by Gasteiger charge is 2.37. The smallest absolute Gasteiger partial charge is 0.0534 e. The molecule has 1 aromatic rings. The summed E-state index contributed by atoms with van der Waals surface area (Å²) in [6, 6.07) is 2.15. The molecule has 2 fully saturated rings. The number of aromatic nitrogens is 2. The molecule has 4 heteroatoms. The maximum absolute atomic E-state index is 4.40. The van der Waals surface area contributed by atoms with Gasteiger partial charge in [-0.2, -0.15) is 5.10 Å². The molecule has 2 bridgehead atoms. The van der Waals surface area contributed by atoms with Gasteiger partial charge in [-0.3, -0.25) is 4.68 Å². The van der Waals surface area contributed by atoms with Crippen LogP contribution >= 0.6 is 0 Å². The van der Waals surface area contributed by atoms with Gasteiger partial charge < -0.3 is 10.2 Å². The van der Waals surface area contributed by atoms with Gasteiger partial charge in [-0.25, -0.2) is 0 Å². The predicted octanol–water partition coefficient (Wildman–Crippen LogP) is 2.43. The summed E-state index contributed by atoms with van der Waals surface area (Å²) < 4.78 is 2.03. The zero-order valence-electron chi connectivity index (χ0n) is 13.0. The number of rotatable bonds is 5. The first-order chi connectivity index (χ1) is 9.63. The summed E-state index contributed by atoms with van der Waals surface area (Å²) in [6.45, 7) is 6.44. The molecule has 2 aliphatic heterocycles. The summed E-state index contributed by atoms with van der Waals surface area (Å²) in [7, 11) is 2.31. The van der Waals surface area contributed by atoms with E-state index in [1.807, 2.05) is 10.9 Å². The number of piperidine rings is 1. The third-order valence-corrected chi connectivity index (χ3v) is 5.14. The molecule has 2 aliphatic rings. The Morgan fingerprint density at radius 2 is 2.00 bits per heavy atom. The minimum Gasteiger partial charge on any atom is -0.312 e. The van der Waals surface area contributed by atoms with Gasteiger partial charge in [-0.1, -0.05) is 0 Å². The van der Waals surface area contributed by atoms with Crippen molar-refractivity contribution in [1.82, 2.24) is 20.0 Å². The van der Waals surface area contributed by atoms with Crippen LogP contribution in [-0.2, 0) is 6.54 Å². The average molecular weight is 276 g/mol. The fourth-order valence-electron chi connectivity index (χ4n) is 3.86. The highest BCUT2D eigenvalue weighted by atomic mass is 15.3. The molecule has 1 N–H and O–H groups in total. The second kappa shape index (κ2) is 5.86. The molecule has 3 rings (SSSR count). The van der Waals surface area contributed by atoms with E-state index in [0.717, 1.165) is 31.1 Å². The molecule has 2 unspecified atom stereocenters. The van der Waals surface area contributed by atoms with Crippen LogP contribution in [0.3, 0.4) is 0 Å². The van der Waals surface area contributed by atoms with Crippen LogP contribution in [0, 0.1) is 5.92 Å². The summed E-state index contributed by atoms with van der Waals surface area (Å²) in [5.41, 5.74) is 1.30. The summed E-state index contributed by atoms with van der Waals surface area (Å²) in [5, 5.41) is 8.03. The van der Waals surface area contributed by atoms with E-state index in [1.54, 1.807) is 0 Å². The van der Waals surface area contributed by atoms with Crippen molar-refractivity contribution in [2.75, 3.05) is 13.6 Å². The van der Waals surface area contributed by atoms with Gasteiger partial charge in [0.25, 0.3) is 0 Å². The average Bonchev–Trinajstić information content (AvgIpc) is 2.93. The monoisotopic (exact) mass is 276 g/mol. The van der Waals surface area contributed by atoms with E-state index in [2.05, 4.69) is 42.4 Å². The molecule has 3 heterocycles. The van der Waals surface area contributed by atoms with Crippen LogP contribution in [0.15, 0.2) is 12.4 Å². The highest BCUT2D eigenvalue weighted by molar-refractivity contribution is 5.04. The molecule has 112 valence electrons. The molecular formula is C16H28N4. The van der Waals surface area contributed by atoms with Crippen molar-refractivity contribution in [3.63, 3.8) is 0 Å². The fourth-order valence-corrected chi connectivity index (χ4v) is 3.86. The first-order valence-corrected chi connectivity index (χ1v) is 8.09. The van der Waals surface area contributed by atoms with E-state index >= 15 is 0 Å². The van der Waals surface area contributed by atoms with Crippen LogP contribution in [0.5, 0.6) is 0 Å². The zero-order chi connectivity index (χ0) is 14.1. The lowest BCUT2D eigenvalue weighted by Gasteiger charge is -2.36. The van der Waals surface area contributed by atoms with E-state index in [1.165, 1.54) is 31.2 Å². The first kappa shape index (κ1) is 14.1. The molecule has 0 aliphatic carbocycles. The number of nitrogens with one attached hydrogen (secondary N) is 1. The maximum atomic E-state index is 4.40. The molecule has 0 saturated carbocycles. The second-order valence-electron chi connectivity index (χ2n) is 6.94. The Bertz CT molecular complexity index is 425. The van der Waals surface area contributed by atoms with Crippen LogP contribution in [0.4, 0.5) is 0 Å². The summed E-state index contributed by atoms with van der Waals surface area (Å²) in [6.07, 6.45) is 9.75. The lowest BCUT2D eigenvalue weighted by atomic mass is 9.91. The lowest BCUT2D eigenvalue weighted by Crippen LogP contribution is -2.42. The third kappa shape index (κ3) is 2.91. The van der Waals surface area contributed by atoms with E-state index in [9.17, 15) is 0 Å². The van der Waals surface area contributed by atoms with E-state index in [0.29, 0.717) is 6.04 Å². The molecule has 1 aromatic heterocycles. The van der Waals surface area contributed by atoms with Crippen molar-refractivity contribution in [3.05, 3.63) is 18.0 Å². The Labute approximate surface area is 122 Å². The Morgan fingerprint density at radius 1 is 1.30 bits per heavy atom. The van der Waals surface area contributed by atoms with Gasteiger partial charge in [0.1, 0.15) is 0 Å². The molecule has 4 nitrogen and oxygen atoms in total. The standard InChI is InChI=1S/C16H28N4/c1-12(2)20-11-14(10-18-20)9-17-8-13-6-15-4-5-16(7-13)19(15)3/h10-13,15-17H,4-9H2,1-3H3. The van der Waals surface area contributed by atoms with Gasteiger partial charge in [-0.15, -0.1) is 0 Å². The SMILES string of the molecule is CC(C)n1cc(CNCC2CC3CCC(C2)N3C)cn1. The number of hydrogen-bond acceptors (Lipinski definition) is 3. The zero-order valence-corrected chi connectivity index (χ0v) is 13.0. The molecule has 0 aromatic carbocycles. The first-order valence-electron chi connectivity index (χ1n) is 8.09. The fraction of sp³-hybridized carbons (Fsp3) is 0.812. The molecule has 20 heavy (non-hydrogen) atoms. The van der Waals surface area contributed by atoms with Crippen molar-refractivity contribution >= 4 is 0 Å². The summed E-state index contributed by atoms with van der Waals surface area (Å²) in [4.78, 5) is 2.61. The van der Waals surface area contributed by atoms with Gasteiger partial charge >= 0.3 is 0 Å². The van der Waals surface area contributed by atoms with Crippen LogP contribution in [0.2, 0.25) is 0 Å². The lowest BCUT2D eigenvalue weighted by molar-refractivity contribution is 0.133. The van der Waals surface area contributed by atoms with Gasteiger partial charge in [0.15, 0.2) is 0 Å². The van der Waals surface area contributed by atoms with Crippen molar-refractivity contribution in [2.45, 2.75) is 64.2 Å². The van der Waals surface area contributed by atoms with E-state index in [-0.39, 0.29) is 0 Å². The predicted molar refractivity (Wildman–Crippen MR) is 81.6 cm³/mol. The molecule has 0 radical (unpaired) electrons. The Morgan fingerprint density at radius 3 is 2.60 bits per heavy atom. The minimum atomic E-state index is 0.452. The van der Waals surface area contributed by atoms with Gasteiger partial charge in [0.2, 0.25) is 0 Å². The molecule has 2 atom stereocenters. The van der Waals surface area contributed by atoms with Crippen molar-refractivity contribution in [1.29, 1.82) is 0 Å². The van der Waals surface area contributed by atoms with Crippen LogP contribution in [0.1, 0.15) is 51.1 Å². The van der Waals surface area contributed by atoms with Crippen LogP contribution in [-0.4, -0.2) is 40.4 Å². The van der Waals surface area contributed by atoms with Crippen LogP contribution < -0.4 is 5.32 Å². The van der Waals surface area contributed by atoms with Gasteiger partial charge in [0.05, 0.1) is 6.20 Å². The summed E-state index contributed by atoms with van der Waals surface area (Å²) >= 11 is 0. The largest absolute Gasteiger partial charge is 0.312 e. The van der Waals surface area contributed by atoms with Crippen molar-refractivity contribution < 1.29 is 0 Å². The normalized spacial score (nSPS) is 30.3. The number of hydrogen-bond donors (Lipinski definition) is 1. The molecule has 0 amide bonds. The van der Waals surface area contributed by atoms with Gasteiger partial charge in [-0.05, 0) is 59.0 Å². The van der Waals surface area contributed by atoms with Crippen molar-refractivity contribution in [3.8, 4) is 0 Å². The van der Waals surface area contributed by atoms with E-state index < -0.39 is 0 Å². The molecule has 0 spiro atoms. The Hall–Kier alpha value is -0.870. The number of fused-ring (bicyclic) bond motifs is 2. The maximum Gasteiger partial charge on any atom is 0.0534 e. The quantitative estimate of drug-likeness (QED) is 0.896.